The molecule has 4 N–H and O–H groups in total. The van der Waals surface area contributed by atoms with Crippen LogP contribution < -0.4 is 11.0 Å². The molecule has 1 saturated heterocycles. The quantitative estimate of drug-likeness (QED) is 0.487. The number of aliphatic hydroxyl groups excluding tert-OH is 1. The minimum Gasteiger partial charge on any atom is -0.394 e. The minimum absolute atomic E-state index is 0.0581. The molecule has 0 bridgehead atoms. The van der Waals surface area contributed by atoms with E-state index in [2.05, 4.69) is 14.8 Å². The minimum atomic E-state index is -4.76. The molecule has 2 rings (SSSR count). The van der Waals surface area contributed by atoms with E-state index in [0.29, 0.717) is 0 Å². The lowest BCUT2D eigenvalue weighted by Gasteiger charge is -2.16. The Hall–Kier alpha value is -1.62. The molecule has 1 amide bonds. The first-order valence-electron chi connectivity index (χ1n) is 6.56. The number of ether oxygens (including phenoxy) is 1. The summed E-state index contributed by atoms with van der Waals surface area (Å²) in [5.41, 5.74) is -0.727. The number of hydrogen-bond acceptors (Lipinski definition) is 7. The highest BCUT2D eigenvalue weighted by atomic mass is 31.2. The van der Waals surface area contributed by atoms with Gasteiger partial charge in [0.15, 0.2) is 0 Å². The summed E-state index contributed by atoms with van der Waals surface area (Å²) in [6, 6.07) is 1.37. The molecule has 128 valence electrons. The topological polar surface area (TPSA) is 160 Å². The molecule has 0 aromatic carbocycles. The standard InChI is InChI=1S/C11H16N3O8P/c1-6(16)12-9-2-3-14(11(17)13-9)10-4-7(8(5-15)21-10)22-23(18,19)20/h2-3,7-8,10,15H,4-5H2,1H3,(H2,18,19,20)(H,12,13,16,17)/t7-,8+,10+/m0/s1. The second-order valence-electron chi connectivity index (χ2n) is 4.87. The predicted molar refractivity (Wildman–Crippen MR) is 75.3 cm³/mol. The molecule has 1 aromatic heterocycles. The number of amides is 1. The molecular formula is C11H16N3O8P. The molecule has 0 radical (unpaired) electrons. The number of rotatable bonds is 5. The molecule has 0 aliphatic carbocycles. The summed E-state index contributed by atoms with van der Waals surface area (Å²) in [4.78, 5) is 44.2. The summed E-state index contributed by atoms with van der Waals surface area (Å²) in [6.07, 6.45) is -1.71. The lowest BCUT2D eigenvalue weighted by Crippen LogP contribution is -2.28. The number of aromatic nitrogens is 2. The number of hydrogen-bond donors (Lipinski definition) is 4. The van der Waals surface area contributed by atoms with Gasteiger partial charge in [-0.25, -0.2) is 9.36 Å². The van der Waals surface area contributed by atoms with Gasteiger partial charge in [0.2, 0.25) is 5.91 Å². The number of carbonyl (C=O) groups is 1. The van der Waals surface area contributed by atoms with E-state index in [1.165, 1.54) is 19.2 Å². The molecule has 0 saturated carbocycles. The van der Waals surface area contributed by atoms with E-state index < -0.39 is 38.6 Å². The highest BCUT2D eigenvalue weighted by Gasteiger charge is 2.40. The third-order valence-corrected chi connectivity index (χ3v) is 3.62. The Morgan fingerprint density at radius 3 is 2.83 bits per heavy atom. The molecule has 1 aliphatic rings. The fourth-order valence-electron chi connectivity index (χ4n) is 2.20. The summed E-state index contributed by atoms with van der Waals surface area (Å²) in [7, 11) is -4.76. The average molecular weight is 349 g/mol. The van der Waals surface area contributed by atoms with Crippen molar-refractivity contribution in [3.63, 3.8) is 0 Å². The first-order valence-corrected chi connectivity index (χ1v) is 8.09. The van der Waals surface area contributed by atoms with Crippen LogP contribution in [0.25, 0.3) is 0 Å². The first kappa shape index (κ1) is 17.7. The van der Waals surface area contributed by atoms with Crippen molar-refractivity contribution in [1.29, 1.82) is 0 Å². The second-order valence-corrected chi connectivity index (χ2v) is 6.06. The van der Waals surface area contributed by atoms with Crippen LogP contribution >= 0.6 is 7.82 Å². The van der Waals surface area contributed by atoms with Crippen molar-refractivity contribution in [1.82, 2.24) is 9.55 Å². The van der Waals surface area contributed by atoms with Crippen molar-refractivity contribution in [2.24, 2.45) is 0 Å². The largest absolute Gasteiger partial charge is 0.469 e. The molecule has 0 spiro atoms. The highest BCUT2D eigenvalue weighted by Crippen LogP contribution is 2.43. The Morgan fingerprint density at radius 2 is 2.30 bits per heavy atom. The van der Waals surface area contributed by atoms with Gasteiger partial charge < -0.3 is 24.9 Å². The van der Waals surface area contributed by atoms with E-state index >= 15 is 0 Å². The van der Waals surface area contributed by atoms with Crippen LogP contribution in [0.4, 0.5) is 5.82 Å². The van der Waals surface area contributed by atoms with Crippen molar-refractivity contribution in [2.75, 3.05) is 11.9 Å². The molecule has 3 atom stereocenters. The van der Waals surface area contributed by atoms with Gasteiger partial charge in [-0.1, -0.05) is 0 Å². The van der Waals surface area contributed by atoms with Gasteiger partial charge in [0, 0.05) is 19.5 Å². The van der Waals surface area contributed by atoms with E-state index in [0.717, 1.165) is 4.57 Å². The fraction of sp³-hybridized carbons (Fsp3) is 0.545. The average Bonchev–Trinajstić information content (AvgIpc) is 2.78. The van der Waals surface area contributed by atoms with Gasteiger partial charge in [0.05, 0.1) is 6.61 Å². The van der Waals surface area contributed by atoms with Crippen LogP contribution in [0.1, 0.15) is 19.6 Å². The third kappa shape index (κ3) is 4.67. The molecule has 11 nitrogen and oxygen atoms in total. The van der Waals surface area contributed by atoms with Gasteiger partial charge in [0.1, 0.15) is 24.3 Å². The maximum Gasteiger partial charge on any atom is 0.469 e. The fourth-order valence-corrected chi connectivity index (χ4v) is 2.78. The Morgan fingerprint density at radius 1 is 1.61 bits per heavy atom. The molecule has 0 unspecified atom stereocenters. The maximum atomic E-state index is 12.0. The van der Waals surface area contributed by atoms with Gasteiger partial charge in [-0.3, -0.25) is 13.9 Å². The van der Waals surface area contributed by atoms with Gasteiger partial charge in [-0.15, -0.1) is 0 Å². The number of aliphatic hydroxyl groups is 1. The van der Waals surface area contributed by atoms with Crippen molar-refractivity contribution >= 4 is 19.5 Å². The molecule has 23 heavy (non-hydrogen) atoms. The smallest absolute Gasteiger partial charge is 0.394 e. The number of anilines is 1. The Balaban J connectivity index is 2.18. The summed E-state index contributed by atoms with van der Waals surface area (Å²) >= 11 is 0. The van der Waals surface area contributed by atoms with E-state index in [9.17, 15) is 19.3 Å². The summed E-state index contributed by atoms with van der Waals surface area (Å²) < 4.78 is 21.9. The molecule has 12 heteroatoms. The molecular weight excluding hydrogens is 333 g/mol. The predicted octanol–water partition coefficient (Wildman–Crippen LogP) is -1.04. The molecule has 1 aliphatic heterocycles. The lowest BCUT2D eigenvalue weighted by molar-refractivity contribution is -0.114. The monoisotopic (exact) mass is 349 g/mol. The zero-order chi connectivity index (χ0) is 17.2. The van der Waals surface area contributed by atoms with Crippen LogP contribution in [0.3, 0.4) is 0 Å². The Bertz CT molecular complexity index is 686. The van der Waals surface area contributed by atoms with Crippen LogP contribution in [0.2, 0.25) is 0 Å². The number of nitrogens with one attached hydrogen (secondary N) is 1. The van der Waals surface area contributed by atoms with Crippen molar-refractivity contribution in [2.45, 2.75) is 31.8 Å². The number of carbonyl (C=O) groups excluding carboxylic acids is 1. The van der Waals surface area contributed by atoms with Crippen molar-refractivity contribution in [3.05, 3.63) is 22.7 Å². The molecule has 2 heterocycles. The van der Waals surface area contributed by atoms with Crippen LogP contribution in [0.15, 0.2) is 17.1 Å². The van der Waals surface area contributed by atoms with Gasteiger partial charge in [0.25, 0.3) is 0 Å². The van der Waals surface area contributed by atoms with Crippen molar-refractivity contribution in [3.8, 4) is 0 Å². The SMILES string of the molecule is CC(=O)Nc1ccn([C@H]2C[C@H](OP(=O)(O)O)[C@@H](CO)O2)c(=O)n1. The molecule has 1 aromatic rings. The lowest BCUT2D eigenvalue weighted by atomic mass is 10.2. The van der Waals surface area contributed by atoms with E-state index in [1.807, 2.05) is 0 Å². The number of phosphoric acid groups is 1. The highest BCUT2D eigenvalue weighted by molar-refractivity contribution is 7.46. The van der Waals surface area contributed by atoms with Crippen LogP contribution in [0, 0.1) is 0 Å². The van der Waals surface area contributed by atoms with E-state index in [1.54, 1.807) is 0 Å². The third-order valence-electron chi connectivity index (χ3n) is 3.08. The van der Waals surface area contributed by atoms with Crippen LogP contribution in [0.5, 0.6) is 0 Å². The Kier molecular flexibility index (Phi) is 5.30. The van der Waals surface area contributed by atoms with Crippen molar-refractivity contribution < 1.29 is 33.5 Å². The van der Waals surface area contributed by atoms with Gasteiger partial charge in [-0.2, -0.15) is 4.98 Å². The van der Waals surface area contributed by atoms with Gasteiger partial charge >= 0.3 is 13.5 Å². The first-order chi connectivity index (χ1) is 10.7. The van der Waals surface area contributed by atoms with Crippen LogP contribution in [-0.4, -0.2) is 49.2 Å². The van der Waals surface area contributed by atoms with E-state index in [4.69, 9.17) is 14.5 Å². The zero-order valence-electron chi connectivity index (χ0n) is 12.0. The Labute approximate surface area is 130 Å². The molecule has 1 fully saturated rings. The summed E-state index contributed by atoms with van der Waals surface area (Å²) in [5.74, 6) is -0.319. The number of nitrogens with zero attached hydrogens (tertiary/aromatic N) is 2. The maximum absolute atomic E-state index is 12.0. The summed E-state index contributed by atoms with van der Waals surface area (Å²) in [5, 5.41) is 11.6. The van der Waals surface area contributed by atoms with E-state index in [-0.39, 0.29) is 18.1 Å². The summed E-state index contributed by atoms with van der Waals surface area (Å²) in [6.45, 7) is 0.733. The van der Waals surface area contributed by atoms with Crippen LogP contribution in [-0.2, 0) is 18.6 Å². The number of phosphoric ester groups is 1. The second kappa shape index (κ2) is 6.87. The van der Waals surface area contributed by atoms with Gasteiger partial charge in [-0.05, 0) is 6.07 Å². The zero-order valence-corrected chi connectivity index (χ0v) is 12.9. The normalized spacial score (nSPS) is 24.6.